The molecule has 1 aliphatic rings. The predicted molar refractivity (Wildman–Crippen MR) is 71.0 cm³/mol. The van der Waals surface area contributed by atoms with Gasteiger partial charge in [-0.15, -0.1) is 0 Å². The molecule has 0 amide bonds. The number of halogens is 1. The number of hydrogen-bond donors (Lipinski definition) is 2. The Labute approximate surface area is 104 Å². The van der Waals surface area contributed by atoms with Crippen LogP contribution in [0.1, 0.15) is 6.42 Å². The molecule has 0 aliphatic carbocycles. The van der Waals surface area contributed by atoms with E-state index < -0.39 is 0 Å². The van der Waals surface area contributed by atoms with Crippen molar-refractivity contribution in [3.8, 4) is 0 Å². The first-order chi connectivity index (χ1) is 7.25. The lowest BCUT2D eigenvalue weighted by Crippen LogP contribution is -2.14. The van der Waals surface area contributed by atoms with Crippen LogP contribution in [0, 0.1) is 9.49 Å². The molecule has 1 aliphatic heterocycles. The highest BCUT2D eigenvalue weighted by atomic mass is 127. The molecule has 82 valence electrons. The lowest BCUT2D eigenvalue weighted by atomic mass is 10.1. The maximum atomic E-state index is 5.91. The maximum absolute atomic E-state index is 5.91. The van der Waals surface area contributed by atoms with Gasteiger partial charge in [-0.2, -0.15) is 0 Å². The van der Waals surface area contributed by atoms with Crippen LogP contribution >= 0.6 is 22.6 Å². The van der Waals surface area contributed by atoms with Crippen LogP contribution < -0.4 is 11.1 Å². The normalized spacial score (nSPS) is 20.5. The minimum Gasteiger partial charge on any atom is -0.397 e. The number of nitrogens with two attached hydrogens (primary N) is 1. The summed E-state index contributed by atoms with van der Waals surface area (Å²) in [5.41, 5.74) is 7.76. The van der Waals surface area contributed by atoms with Crippen molar-refractivity contribution >= 4 is 34.0 Å². The lowest BCUT2D eigenvalue weighted by Gasteiger charge is -2.12. The van der Waals surface area contributed by atoms with E-state index in [2.05, 4.69) is 34.0 Å². The van der Waals surface area contributed by atoms with E-state index in [1.165, 1.54) is 3.57 Å². The molecule has 1 atom stereocenters. The minimum absolute atomic E-state index is 0.628. The summed E-state index contributed by atoms with van der Waals surface area (Å²) >= 11 is 2.26. The molecule has 0 bridgehead atoms. The molecule has 3 nitrogen and oxygen atoms in total. The number of ether oxygens (including phenoxy) is 1. The monoisotopic (exact) mass is 318 g/mol. The van der Waals surface area contributed by atoms with Crippen molar-refractivity contribution in [3.05, 3.63) is 21.8 Å². The van der Waals surface area contributed by atoms with Gasteiger partial charge >= 0.3 is 0 Å². The van der Waals surface area contributed by atoms with Crippen LogP contribution in [0.25, 0.3) is 0 Å². The SMILES string of the molecule is Nc1cc(I)ccc1NCC1CCOC1. The van der Waals surface area contributed by atoms with Crippen molar-refractivity contribution in [2.45, 2.75) is 6.42 Å². The third-order valence-electron chi connectivity index (χ3n) is 2.62. The van der Waals surface area contributed by atoms with Gasteiger partial charge in [-0.1, -0.05) is 0 Å². The fourth-order valence-corrected chi connectivity index (χ4v) is 2.21. The molecular formula is C11H15IN2O. The molecule has 4 heteroatoms. The fraction of sp³-hybridized carbons (Fsp3) is 0.455. The standard InChI is InChI=1S/C11H15IN2O/c12-9-1-2-11(10(13)5-9)14-6-8-3-4-15-7-8/h1-2,5,8,14H,3-4,6-7,13H2. The Bertz CT molecular complexity index is 337. The van der Waals surface area contributed by atoms with E-state index in [0.717, 1.165) is 37.6 Å². The second kappa shape index (κ2) is 5.03. The second-order valence-electron chi connectivity index (χ2n) is 3.84. The largest absolute Gasteiger partial charge is 0.397 e. The molecule has 3 N–H and O–H groups in total. The van der Waals surface area contributed by atoms with Gasteiger partial charge in [-0.3, -0.25) is 0 Å². The van der Waals surface area contributed by atoms with Crippen LogP contribution in [-0.4, -0.2) is 19.8 Å². The van der Waals surface area contributed by atoms with Crippen molar-refractivity contribution in [2.75, 3.05) is 30.8 Å². The molecular weight excluding hydrogens is 303 g/mol. The molecule has 1 aromatic rings. The van der Waals surface area contributed by atoms with Crippen LogP contribution in [0.15, 0.2) is 18.2 Å². The summed E-state index contributed by atoms with van der Waals surface area (Å²) in [6.45, 7) is 2.72. The Hall–Kier alpha value is -0.490. The summed E-state index contributed by atoms with van der Waals surface area (Å²) in [5.74, 6) is 0.628. The summed E-state index contributed by atoms with van der Waals surface area (Å²) in [5, 5.41) is 3.37. The summed E-state index contributed by atoms with van der Waals surface area (Å²) < 4.78 is 6.49. The molecule has 1 fully saturated rings. The maximum Gasteiger partial charge on any atom is 0.0574 e. The number of hydrogen-bond acceptors (Lipinski definition) is 3. The van der Waals surface area contributed by atoms with Crippen molar-refractivity contribution in [2.24, 2.45) is 5.92 Å². The molecule has 0 saturated carbocycles. The summed E-state index contributed by atoms with van der Waals surface area (Å²) in [4.78, 5) is 0. The third kappa shape index (κ3) is 2.98. The summed E-state index contributed by atoms with van der Waals surface area (Å²) in [7, 11) is 0. The molecule has 1 aromatic carbocycles. The Morgan fingerprint density at radius 2 is 2.40 bits per heavy atom. The van der Waals surface area contributed by atoms with Crippen LogP contribution in [0.5, 0.6) is 0 Å². The Kier molecular flexibility index (Phi) is 3.69. The zero-order valence-electron chi connectivity index (χ0n) is 8.50. The van der Waals surface area contributed by atoms with Crippen LogP contribution in [-0.2, 0) is 4.74 Å². The van der Waals surface area contributed by atoms with E-state index in [1.807, 2.05) is 12.1 Å². The van der Waals surface area contributed by atoms with E-state index in [1.54, 1.807) is 0 Å². The second-order valence-corrected chi connectivity index (χ2v) is 5.09. The predicted octanol–water partition coefficient (Wildman–Crippen LogP) is 2.32. The van der Waals surface area contributed by atoms with Crippen molar-refractivity contribution in [3.63, 3.8) is 0 Å². The summed E-state index contributed by atoms with van der Waals surface area (Å²) in [6, 6.07) is 6.07. The van der Waals surface area contributed by atoms with Crippen LogP contribution in [0.3, 0.4) is 0 Å². The van der Waals surface area contributed by atoms with Gasteiger partial charge in [0.15, 0.2) is 0 Å². The van der Waals surface area contributed by atoms with E-state index >= 15 is 0 Å². The zero-order chi connectivity index (χ0) is 10.7. The molecule has 2 rings (SSSR count). The van der Waals surface area contributed by atoms with Gasteiger partial charge in [0.05, 0.1) is 18.0 Å². The third-order valence-corrected chi connectivity index (χ3v) is 3.29. The van der Waals surface area contributed by atoms with Crippen LogP contribution in [0.2, 0.25) is 0 Å². The average Bonchev–Trinajstić information content (AvgIpc) is 2.69. The molecule has 1 heterocycles. The van der Waals surface area contributed by atoms with Gasteiger partial charge in [0.1, 0.15) is 0 Å². The van der Waals surface area contributed by atoms with Gasteiger partial charge in [-0.05, 0) is 47.2 Å². The molecule has 1 saturated heterocycles. The highest BCUT2D eigenvalue weighted by molar-refractivity contribution is 14.1. The van der Waals surface area contributed by atoms with Gasteiger partial charge in [-0.25, -0.2) is 0 Å². The molecule has 15 heavy (non-hydrogen) atoms. The number of benzene rings is 1. The number of nitrogen functional groups attached to an aromatic ring is 1. The summed E-state index contributed by atoms with van der Waals surface area (Å²) in [6.07, 6.45) is 1.15. The highest BCUT2D eigenvalue weighted by Crippen LogP contribution is 2.22. The fourth-order valence-electron chi connectivity index (χ4n) is 1.69. The van der Waals surface area contributed by atoms with Crippen molar-refractivity contribution < 1.29 is 4.74 Å². The van der Waals surface area contributed by atoms with Gasteiger partial charge < -0.3 is 15.8 Å². The van der Waals surface area contributed by atoms with Crippen molar-refractivity contribution in [1.82, 2.24) is 0 Å². The Balaban J connectivity index is 1.92. The Morgan fingerprint density at radius 1 is 1.53 bits per heavy atom. The van der Waals surface area contributed by atoms with E-state index in [9.17, 15) is 0 Å². The molecule has 0 radical (unpaired) electrons. The first-order valence-electron chi connectivity index (χ1n) is 5.12. The average molecular weight is 318 g/mol. The number of nitrogens with one attached hydrogen (secondary N) is 1. The first kappa shape index (κ1) is 11.0. The number of rotatable bonds is 3. The lowest BCUT2D eigenvalue weighted by molar-refractivity contribution is 0.187. The van der Waals surface area contributed by atoms with Gasteiger partial charge in [0.25, 0.3) is 0 Å². The van der Waals surface area contributed by atoms with Gasteiger partial charge in [0.2, 0.25) is 0 Å². The van der Waals surface area contributed by atoms with E-state index in [0.29, 0.717) is 5.92 Å². The number of anilines is 2. The van der Waals surface area contributed by atoms with Gasteiger partial charge in [0, 0.05) is 22.6 Å². The zero-order valence-corrected chi connectivity index (χ0v) is 10.7. The quantitative estimate of drug-likeness (QED) is 0.664. The van der Waals surface area contributed by atoms with Crippen molar-refractivity contribution in [1.29, 1.82) is 0 Å². The van der Waals surface area contributed by atoms with E-state index in [4.69, 9.17) is 10.5 Å². The highest BCUT2D eigenvalue weighted by Gasteiger charge is 2.15. The first-order valence-corrected chi connectivity index (χ1v) is 6.20. The van der Waals surface area contributed by atoms with Crippen LogP contribution in [0.4, 0.5) is 11.4 Å². The Morgan fingerprint density at radius 3 is 3.07 bits per heavy atom. The topological polar surface area (TPSA) is 47.3 Å². The molecule has 1 unspecified atom stereocenters. The minimum atomic E-state index is 0.628. The molecule has 0 spiro atoms. The smallest absolute Gasteiger partial charge is 0.0574 e. The van der Waals surface area contributed by atoms with E-state index in [-0.39, 0.29) is 0 Å². The molecule has 0 aromatic heterocycles.